The molecule has 4 rings (SSSR count). The predicted molar refractivity (Wildman–Crippen MR) is 131 cm³/mol. The van der Waals surface area contributed by atoms with Crippen LogP contribution in [0.1, 0.15) is 27.0 Å². The molecule has 0 atom stereocenters. The van der Waals surface area contributed by atoms with E-state index in [1.807, 2.05) is 56.3 Å². The van der Waals surface area contributed by atoms with Crippen molar-refractivity contribution in [1.29, 1.82) is 0 Å². The molecule has 1 aromatic heterocycles. The van der Waals surface area contributed by atoms with Gasteiger partial charge in [-0.25, -0.2) is 4.98 Å². The van der Waals surface area contributed by atoms with Gasteiger partial charge in [-0.15, -0.1) is 0 Å². The van der Waals surface area contributed by atoms with Gasteiger partial charge in [-0.3, -0.25) is 10.1 Å². The van der Waals surface area contributed by atoms with Crippen molar-refractivity contribution in [3.05, 3.63) is 81.3 Å². The molecule has 1 heterocycles. The summed E-state index contributed by atoms with van der Waals surface area (Å²) in [5.74, 6) is 0.261. The molecule has 4 aromatic rings. The maximum absolute atomic E-state index is 12.4. The lowest BCUT2D eigenvalue weighted by atomic mass is 10.1. The highest BCUT2D eigenvalue weighted by Gasteiger charge is 2.13. The fourth-order valence-corrected chi connectivity index (χ4v) is 3.59. The molecule has 1 amide bonds. The van der Waals surface area contributed by atoms with E-state index in [9.17, 15) is 4.79 Å². The van der Waals surface area contributed by atoms with Crippen LogP contribution in [-0.4, -0.2) is 16.0 Å². The van der Waals surface area contributed by atoms with Crippen molar-refractivity contribution in [3.63, 3.8) is 0 Å². The van der Waals surface area contributed by atoms with Crippen molar-refractivity contribution in [1.82, 2.24) is 10.3 Å². The van der Waals surface area contributed by atoms with Gasteiger partial charge in [0.05, 0.1) is 0 Å². The molecular weight excluding hydrogens is 474 g/mol. The Kier molecular flexibility index (Phi) is 5.89. The number of fused-ring (bicyclic) bond motifs is 1. The van der Waals surface area contributed by atoms with E-state index in [4.69, 9.17) is 16.6 Å². The first-order valence-corrected chi connectivity index (χ1v) is 10.9. The molecule has 0 radical (unpaired) electrons. The lowest BCUT2D eigenvalue weighted by molar-refractivity contribution is 0.0977. The third-order valence-electron chi connectivity index (χ3n) is 5.07. The Morgan fingerprint density at radius 2 is 1.68 bits per heavy atom. The van der Waals surface area contributed by atoms with Crippen LogP contribution in [0.2, 0.25) is 0 Å². The monoisotopic (exact) mass is 493 g/mol. The molecule has 0 spiro atoms. The number of aromatic nitrogens is 1. The first-order valence-electron chi connectivity index (χ1n) is 9.67. The number of halogens is 1. The molecule has 0 saturated heterocycles. The topological polar surface area (TPSA) is 67.2 Å². The summed E-state index contributed by atoms with van der Waals surface area (Å²) in [6.45, 7) is 6.07. The van der Waals surface area contributed by atoms with Gasteiger partial charge in [0.15, 0.2) is 10.7 Å². The second-order valence-corrected chi connectivity index (χ2v) is 8.69. The Hall–Kier alpha value is -3.03. The SMILES string of the molecule is Cc1cc2nc(-c3ccc(C)c(NC(=S)NC(=O)c4ccc(Br)cc4)c3)oc2cc1C. The van der Waals surface area contributed by atoms with Crippen molar-refractivity contribution in [2.75, 3.05) is 5.32 Å². The van der Waals surface area contributed by atoms with E-state index in [-0.39, 0.29) is 11.0 Å². The van der Waals surface area contributed by atoms with Crippen LogP contribution < -0.4 is 10.6 Å². The average molecular weight is 494 g/mol. The summed E-state index contributed by atoms with van der Waals surface area (Å²) in [7, 11) is 0. The van der Waals surface area contributed by atoms with Crippen molar-refractivity contribution in [3.8, 4) is 11.5 Å². The molecule has 156 valence electrons. The van der Waals surface area contributed by atoms with Gasteiger partial charge < -0.3 is 9.73 Å². The minimum absolute atomic E-state index is 0.219. The fraction of sp³-hybridized carbons (Fsp3) is 0.125. The summed E-state index contributed by atoms with van der Waals surface area (Å²) in [5, 5.41) is 6.04. The first-order chi connectivity index (χ1) is 14.8. The molecule has 2 N–H and O–H groups in total. The number of hydrogen-bond acceptors (Lipinski definition) is 4. The minimum Gasteiger partial charge on any atom is -0.436 e. The molecule has 0 bridgehead atoms. The van der Waals surface area contributed by atoms with Crippen LogP contribution in [0.3, 0.4) is 0 Å². The van der Waals surface area contributed by atoms with E-state index in [1.165, 1.54) is 5.56 Å². The van der Waals surface area contributed by atoms with Crippen molar-refractivity contribution < 1.29 is 9.21 Å². The Morgan fingerprint density at radius 1 is 0.968 bits per heavy atom. The number of aryl methyl sites for hydroxylation is 3. The predicted octanol–water partition coefficient (Wildman–Crippen LogP) is 6.31. The summed E-state index contributed by atoms with van der Waals surface area (Å²) >= 11 is 8.71. The lowest BCUT2D eigenvalue weighted by Crippen LogP contribution is -2.34. The summed E-state index contributed by atoms with van der Waals surface area (Å²) in [4.78, 5) is 17.0. The van der Waals surface area contributed by atoms with Gasteiger partial charge in [-0.05, 0) is 98.2 Å². The highest BCUT2D eigenvalue weighted by molar-refractivity contribution is 9.10. The Morgan fingerprint density at radius 3 is 2.42 bits per heavy atom. The first kappa shape index (κ1) is 21.2. The molecule has 0 aliphatic carbocycles. The van der Waals surface area contributed by atoms with Crippen LogP contribution >= 0.6 is 28.1 Å². The third-order valence-corrected chi connectivity index (χ3v) is 5.80. The van der Waals surface area contributed by atoms with Gasteiger partial charge in [0.2, 0.25) is 5.89 Å². The van der Waals surface area contributed by atoms with E-state index in [1.54, 1.807) is 12.1 Å². The van der Waals surface area contributed by atoms with E-state index < -0.39 is 0 Å². The number of oxazole rings is 1. The molecule has 5 nitrogen and oxygen atoms in total. The van der Waals surface area contributed by atoms with Crippen LogP contribution in [0.15, 0.2) is 63.5 Å². The second kappa shape index (κ2) is 8.61. The van der Waals surface area contributed by atoms with Crippen molar-refractivity contribution in [2.24, 2.45) is 0 Å². The van der Waals surface area contributed by atoms with Crippen LogP contribution in [0.25, 0.3) is 22.6 Å². The summed E-state index contributed by atoms with van der Waals surface area (Å²) in [6.07, 6.45) is 0. The number of nitrogens with zero attached hydrogens (tertiary/aromatic N) is 1. The van der Waals surface area contributed by atoms with Crippen LogP contribution in [0, 0.1) is 20.8 Å². The molecule has 0 fully saturated rings. The fourth-order valence-electron chi connectivity index (χ4n) is 3.12. The van der Waals surface area contributed by atoms with Crippen molar-refractivity contribution in [2.45, 2.75) is 20.8 Å². The smallest absolute Gasteiger partial charge is 0.257 e. The molecule has 7 heteroatoms. The molecule has 0 saturated carbocycles. The zero-order valence-corrected chi connectivity index (χ0v) is 19.6. The third kappa shape index (κ3) is 4.68. The van der Waals surface area contributed by atoms with Gasteiger partial charge in [0, 0.05) is 21.3 Å². The van der Waals surface area contributed by atoms with Gasteiger partial charge in [-0.1, -0.05) is 22.0 Å². The molecule has 31 heavy (non-hydrogen) atoms. The van der Waals surface area contributed by atoms with E-state index in [0.717, 1.165) is 38.0 Å². The second-order valence-electron chi connectivity index (χ2n) is 7.37. The number of thiocarbonyl (C=S) groups is 1. The Balaban J connectivity index is 1.54. The molecule has 0 aliphatic heterocycles. The molecular formula is C24H20BrN3O2S. The van der Waals surface area contributed by atoms with Crippen molar-refractivity contribution >= 4 is 56.0 Å². The number of benzene rings is 3. The van der Waals surface area contributed by atoms with E-state index in [0.29, 0.717) is 11.5 Å². The molecule has 0 unspecified atom stereocenters. The molecule has 3 aromatic carbocycles. The Bertz CT molecular complexity index is 1270. The Labute approximate surface area is 194 Å². The molecule has 0 aliphatic rings. The number of nitrogens with one attached hydrogen (secondary N) is 2. The summed E-state index contributed by atoms with van der Waals surface area (Å²) in [6, 6.07) is 16.9. The number of anilines is 1. The number of carbonyl (C=O) groups excluding carboxylic acids is 1. The summed E-state index contributed by atoms with van der Waals surface area (Å²) < 4.78 is 6.88. The highest BCUT2D eigenvalue weighted by Crippen LogP contribution is 2.29. The highest BCUT2D eigenvalue weighted by atomic mass is 79.9. The number of amides is 1. The zero-order valence-electron chi connectivity index (χ0n) is 17.2. The quantitative estimate of drug-likeness (QED) is 0.327. The maximum Gasteiger partial charge on any atom is 0.257 e. The van der Waals surface area contributed by atoms with E-state index >= 15 is 0 Å². The minimum atomic E-state index is -0.275. The van der Waals surface area contributed by atoms with Gasteiger partial charge in [0.25, 0.3) is 5.91 Å². The normalized spacial score (nSPS) is 10.8. The van der Waals surface area contributed by atoms with Crippen LogP contribution in [0.5, 0.6) is 0 Å². The maximum atomic E-state index is 12.4. The number of hydrogen-bond donors (Lipinski definition) is 2. The largest absolute Gasteiger partial charge is 0.436 e. The lowest BCUT2D eigenvalue weighted by Gasteiger charge is -2.12. The van der Waals surface area contributed by atoms with Gasteiger partial charge >= 0.3 is 0 Å². The standard InChI is InChI=1S/C24H20BrN3O2S/c1-13-4-5-17(23-26-20-10-14(2)15(3)11-21(20)30-23)12-19(13)27-24(31)28-22(29)16-6-8-18(25)9-7-16/h4-12H,1-3H3,(H2,27,28,29,31). The zero-order chi connectivity index (χ0) is 22.1. The number of rotatable bonds is 3. The van der Waals surface area contributed by atoms with Gasteiger partial charge in [-0.2, -0.15) is 0 Å². The summed E-state index contributed by atoms with van der Waals surface area (Å²) in [5.41, 5.74) is 7.01. The van der Waals surface area contributed by atoms with Crippen LogP contribution in [-0.2, 0) is 0 Å². The van der Waals surface area contributed by atoms with Gasteiger partial charge in [0.1, 0.15) is 5.52 Å². The van der Waals surface area contributed by atoms with E-state index in [2.05, 4.69) is 38.5 Å². The van der Waals surface area contributed by atoms with Crippen LogP contribution in [0.4, 0.5) is 5.69 Å². The average Bonchev–Trinajstić information content (AvgIpc) is 3.13. The number of carbonyl (C=O) groups is 1.